The molecule has 1 aliphatic rings. The maximum atomic E-state index is 12.7. The van der Waals surface area contributed by atoms with Gasteiger partial charge in [-0.05, 0) is 43.1 Å². The number of hydrazine groups is 1. The normalized spacial score (nSPS) is 15.5. The average molecular weight is 459 g/mol. The highest BCUT2D eigenvalue weighted by molar-refractivity contribution is 7.80. The van der Waals surface area contributed by atoms with Gasteiger partial charge in [0.05, 0.1) is 10.6 Å². The SMILES string of the molecule is Cc1c(C(=O)NNC(=O)c2ccc([N+](=O)[O-])cc2)oc2c1/C(=N\NC(N)=S)CC(C)(C)C2. The quantitative estimate of drug-likeness (QED) is 0.307. The molecule has 0 radical (unpaired) electrons. The van der Waals surface area contributed by atoms with Crippen LogP contribution in [-0.4, -0.2) is 27.6 Å². The number of non-ortho nitro benzene ring substituents is 1. The third kappa shape index (κ3) is 4.91. The number of benzene rings is 1. The zero-order chi connectivity index (χ0) is 23.6. The van der Waals surface area contributed by atoms with Crippen LogP contribution in [0, 0.1) is 22.5 Å². The summed E-state index contributed by atoms with van der Waals surface area (Å²) in [5, 5.41) is 15.0. The van der Waals surface area contributed by atoms with E-state index in [1.54, 1.807) is 6.92 Å². The van der Waals surface area contributed by atoms with Crippen LogP contribution in [0.1, 0.15) is 58.1 Å². The molecule has 5 N–H and O–H groups in total. The average Bonchev–Trinajstić information content (AvgIpc) is 3.05. The lowest BCUT2D eigenvalue weighted by Gasteiger charge is -2.29. The molecule has 11 nitrogen and oxygen atoms in total. The van der Waals surface area contributed by atoms with Crippen molar-refractivity contribution in [3.8, 4) is 0 Å². The fourth-order valence-corrected chi connectivity index (χ4v) is 3.57. The van der Waals surface area contributed by atoms with E-state index >= 15 is 0 Å². The van der Waals surface area contributed by atoms with E-state index in [9.17, 15) is 19.7 Å². The van der Waals surface area contributed by atoms with Crippen molar-refractivity contribution in [3.63, 3.8) is 0 Å². The largest absolute Gasteiger partial charge is 0.455 e. The smallest absolute Gasteiger partial charge is 0.305 e. The molecule has 1 aromatic heterocycles. The molecule has 0 saturated carbocycles. The number of hydrazone groups is 1. The number of carbonyl (C=O) groups is 2. The molecular weight excluding hydrogens is 436 g/mol. The first-order valence-corrected chi connectivity index (χ1v) is 9.99. The lowest BCUT2D eigenvalue weighted by molar-refractivity contribution is -0.384. The van der Waals surface area contributed by atoms with Crippen LogP contribution in [0.4, 0.5) is 5.69 Å². The van der Waals surface area contributed by atoms with Gasteiger partial charge < -0.3 is 10.2 Å². The van der Waals surface area contributed by atoms with Gasteiger partial charge in [-0.25, -0.2) is 0 Å². The minimum Gasteiger partial charge on any atom is -0.455 e. The second-order valence-electron chi connectivity index (χ2n) is 8.12. The van der Waals surface area contributed by atoms with Crippen LogP contribution in [0.2, 0.25) is 0 Å². The molecule has 32 heavy (non-hydrogen) atoms. The summed E-state index contributed by atoms with van der Waals surface area (Å²) in [4.78, 5) is 35.1. The van der Waals surface area contributed by atoms with Crippen molar-refractivity contribution < 1.29 is 18.9 Å². The minimum absolute atomic E-state index is 0.0236. The molecule has 0 unspecified atom stereocenters. The Labute approximate surface area is 188 Å². The molecule has 12 heteroatoms. The summed E-state index contributed by atoms with van der Waals surface area (Å²) in [5.74, 6) is -0.633. The Balaban J connectivity index is 1.78. The Morgan fingerprint density at radius 1 is 1.19 bits per heavy atom. The number of nitrogens with zero attached hydrogens (tertiary/aromatic N) is 2. The van der Waals surface area contributed by atoms with Crippen LogP contribution in [0.3, 0.4) is 0 Å². The Kier molecular flexibility index (Phi) is 6.25. The van der Waals surface area contributed by atoms with Gasteiger partial charge in [0, 0.05) is 35.2 Å². The number of nitro groups is 1. The molecule has 1 aromatic carbocycles. The summed E-state index contributed by atoms with van der Waals surface area (Å²) in [7, 11) is 0. The molecular formula is C20H22N6O5S. The van der Waals surface area contributed by atoms with Crippen LogP contribution in [0.25, 0.3) is 0 Å². The molecule has 2 amide bonds. The molecule has 2 aromatic rings. The van der Waals surface area contributed by atoms with Gasteiger partial charge in [-0.15, -0.1) is 0 Å². The fourth-order valence-electron chi connectivity index (χ4n) is 3.53. The molecule has 1 heterocycles. The number of thiocarbonyl (C=S) groups is 1. The van der Waals surface area contributed by atoms with Crippen LogP contribution >= 0.6 is 12.2 Å². The predicted octanol–water partition coefficient (Wildman–Crippen LogP) is 2.08. The van der Waals surface area contributed by atoms with Crippen molar-refractivity contribution in [1.29, 1.82) is 0 Å². The van der Waals surface area contributed by atoms with E-state index < -0.39 is 16.7 Å². The van der Waals surface area contributed by atoms with E-state index in [2.05, 4.69) is 21.4 Å². The second-order valence-corrected chi connectivity index (χ2v) is 8.56. The Morgan fingerprint density at radius 3 is 2.41 bits per heavy atom. The zero-order valence-corrected chi connectivity index (χ0v) is 18.5. The molecule has 1 aliphatic carbocycles. The molecule has 0 fully saturated rings. The monoisotopic (exact) mass is 458 g/mol. The maximum absolute atomic E-state index is 12.7. The Morgan fingerprint density at radius 2 is 1.81 bits per heavy atom. The van der Waals surface area contributed by atoms with Gasteiger partial charge in [0.1, 0.15) is 5.76 Å². The number of fused-ring (bicyclic) bond motifs is 1. The highest BCUT2D eigenvalue weighted by Crippen LogP contribution is 2.38. The van der Waals surface area contributed by atoms with Gasteiger partial charge in [0.15, 0.2) is 10.9 Å². The van der Waals surface area contributed by atoms with Gasteiger partial charge in [-0.1, -0.05) is 13.8 Å². The number of nitrogens with two attached hydrogens (primary N) is 1. The molecule has 0 atom stereocenters. The van der Waals surface area contributed by atoms with Crippen molar-refractivity contribution in [2.45, 2.75) is 33.6 Å². The van der Waals surface area contributed by atoms with Gasteiger partial charge >= 0.3 is 5.91 Å². The number of hydrogen-bond acceptors (Lipinski definition) is 7. The van der Waals surface area contributed by atoms with Gasteiger partial charge in [-0.3, -0.25) is 36.0 Å². The van der Waals surface area contributed by atoms with Gasteiger partial charge in [0.25, 0.3) is 11.6 Å². The van der Waals surface area contributed by atoms with Gasteiger partial charge in [0.2, 0.25) is 0 Å². The Hall–Kier alpha value is -3.80. The first kappa shape index (κ1) is 22.9. The van der Waals surface area contributed by atoms with Crippen molar-refractivity contribution >= 4 is 40.5 Å². The number of hydrogen-bond donors (Lipinski definition) is 4. The predicted molar refractivity (Wildman–Crippen MR) is 120 cm³/mol. The molecule has 0 spiro atoms. The third-order valence-electron chi connectivity index (χ3n) is 4.93. The second kappa shape index (κ2) is 8.75. The molecule has 0 aliphatic heterocycles. The van der Waals surface area contributed by atoms with Crippen LogP contribution in [0.15, 0.2) is 33.8 Å². The number of rotatable bonds is 4. The number of nitro benzene ring substituents is 1. The first-order valence-electron chi connectivity index (χ1n) is 9.58. The maximum Gasteiger partial charge on any atom is 0.305 e. The zero-order valence-electron chi connectivity index (χ0n) is 17.6. The summed E-state index contributed by atoms with van der Waals surface area (Å²) in [5.41, 5.74) is 14.4. The van der Waals surface area contributed by atoms with E-state index in [1.165, 1.54) is 24.3 Å². The van der Waals surface area contributed by atoms with Crippen molar-refractivity contribution in [3.05, 3.63) is 62.6 Å². The van der Waals surface area contributed by atoms with Crippen LogP contribution in [0.5, 0.6) is 0 Å². The van der Waals surface area contributed by atoms with E-state index in [1.807, 2.05) is 13.8 Å². The first-order chi connectivity index (χ1) is 15.0. The van der Waals surface area contributed by atoms with Crippen molar-refractivity contribution in [1.82, 2.24) is 16.3 Å². The number of carbonyl (C=O) groups excluding carboxylic acids is 2. The van der Waals surface area contributed by atoms with Crippen molar-refractivity contribution in [2.75, 3.05) is 0 Å². The fraction of sp³-hybridized carbons (Fsp3) is 0.300. The summed E-state index contributed by atoms with van der Waals surface area (Å²) in [6, 6.07) is 4.97. The summed E-state index contributed by atoms with van der Waals surface area (Å²) in [6.45, 7) is 5.83. The van der Waals surface area contributed by atoms with Crippen LogP contribution in [-0.2, 0) is 6.42 Å². The van der Waals surface area contributed by atoms with E-state index in [-0.39, 0.29) is 27.5 Å². The molecule has 0 bridgehead atoms. The minimum atomic E-state index is -0.647. The lowest BCUT2D eigenvalue weighted by Crippen LogP contribution is -2.41. The summed E-state index contributed by atoms with van der Waals surface area (Å²) >= 11 is 4.82. The van der Waals surface area contributed by atoms with Gasteiger partial charge in [-0.2, -0.15) is 5.10 Å². The van der Waals surface area contributed by atoms with E-state index in [0.717, 1.165) is 0 Å². The molecule has 0 saturated heterocycles. The van der Waals surface area contributed by atoms with Crippen LogP contribution < -0.4 is 22.0 Å². The highest BCUT2D eigenvalue weighted by atomic mass is 32.1. The summed E-state index contributed by atoms with van der Waals surface area (Å²) in [6.07, 6.45) is 1.21. The van der Waals surface area contributed by atoms with E-state index in [4.69, 9.17) is 22.4 Å². The third-order valence-corrected chi connectivity index (χ3v) is 5.02. The molecule has 3 rings (SSSR count). The number of furan rings is 1. The Bertz CT molecular complexity index is 1140. The molecule has 168 valence electrons. The standard InChI is InChI=1S/C20H22N6O5S/c1-10-15-13(22-25-19(21)32)8-20(2,3)9-14(15)31-16(10)18(28)24-23-17(27)11-4-6-12(7-5-11)26(29)30/h4-7H,8-9H2,1-3H3,(H,23,27)(H,24,28)(H3,21,25,32)/b22-13-. The topological polar surface area (TPSA) is 165 Å². The van der Waals surface area contributed by atoms with Crippen molar-refractivity contribution in [2.24, 2.45) is 16.3 Å². The number of amides is 2. The number of nitrogens with one attached hydrogen (secondary N) is 3. The summed E-state index contributed by atoms with van der Waals surface area (Å²) < 4.78 is 5.84. The van der Waals surface area contributed by atoms with E-state index in [0.29, 0.717) is 35.4 Å². The highest BCUT2D eigenvalue weighted by Gasteiger charge is 2.36. The lowest BCUT2D eigenvalue weighted by atomic mass is 9.75.